The summed E-state index contributed by atoms with van der Waals surface area (Å²) in [5.74, 6) is 1.26. The molecule has 118 valence electrons. The van der Waals surface area contributed by atoms with Gasteiger partial charge in [-0.3, -0.25) is 4.79 Å². The van der Waals surface area contributed by atoms with E-state index in [1.807, 2.05) is 18.2 Å². The average Bonchev–Trinajstić information content (AvgIpc) is 2.54. The number of anilines is 1. The molecular weight excluding hydrogens is 292 g/mol. The first-order valence-corrected chi connectivity index (χ1v) is 7.31. The molecule has 0 radical (unpaired) electrons. The number of carbonyl (C=O) groups excluding carboxylic acids is 1. The van der Waals surface area contributed by atoms with Crippen LogP contribution in [0.2, 0.25) is 0 Å². The second kappa shape index (κ2) is 8.44. The van der Waals surface area contributed by atoms with Gasteiger partial charge < -0.3 is 14.8 Å². The van der Waals surface area contributed by atoms with Crippen molar-refractivity contribution in [2.75, 3.05) is 18.5 Å². The van der Waals surface area contributed by atoms with Crippen LogP contribution in [0.1, 0.15) is 18.9 Å². The molecule has 2 rings (SSSR count). The lowest BCUT2D eigenvalue weighted by Crippen LogP contribution is -2.07. The molecule has 2 aromatic carbocycles. The van der Waals surface area contributed by atoms with E-state index in [4.69, 9.17) is 14.7 Å². The minimum absolute atomic E-state index is 0.116. The molecule has 0 aliphatic rings. The number of benzene rings is 2. The molecule has 0 fully saturated rings. The summed E-state index contributed by atoms with van der Waals surface area (Å²) >= 11 is 0. The van der Waals surface area contributed by atoms with Gasteiger partial charge in [0.25, 0.3) is 0 Å². The van der Waals surface area contributed by atoms with Crippen molar-refractivity contribution in [3.8, 4) is 17.6 Å². The highest BCUT2D eigenvalue weighted by atomic mass is 16.5. The van der Waals surface area contributed by atoms with E-state index in [-0.39, 0.29) is 5.91 Å². The molecular formula is C18H18N2O3. The van der Waals surface area contributed by atoms with E-state index in [1.54, 1.807) is 30.3 Å². The third kappa shape index (κ3) is 5.71. The zero-order chi connectivity index (χ0) is 16.5. The summed E-state index contributed by atoms with van der Waals surface area (Å²) in [6.45, 7) is 2.47. The standard InChI is InChI=1S/C18H18N2O3/c1-14(21)20-16-6-3-8-18(12-16)23-10-4-9-22-17-7-2-5-15(11-17)13-19/h2-3,5-8,11-12H,4,9-10H2,1H3,(H,20,21). The Kier molecular flexibility index (Phi) is 6.01. The molecule has 0 aliphatic carbocycles. The number of nitrogens with zero attached hydrogens (tertiary/aromatic N) is 1. The fourth-order valence-electron chi connectivity index (χ4n) is 1.96. The Labute approximate surface area is 135 Å². The largest absolute Gasteiger partial charge is 0.493 e. The van der Waals surface area contributed by atoms with Gasteiger partial charge in [-0.05, 0) is 30.3 Å². The normalized spacial score (nSPS) is 9.74. The van der Waals surface area contributed by atoms with Crippen molar-refractivity contribution in [1.82, 2.24) is 0 Å². The molecule has 0 bridgehead atoms. The summed E-state index contributed by atoms with van der Waals surface area (Å²) in [5, 5.41) is 11.5. The Morgan fingerprint density at radius 2 is 1.74 bits per heavy atom. The van der Waals surface area contributed by atoms with Gasteiger partial charge in [0, 0.05) is 25.1 Å². The van der Waals surface area contributed by atoms with Gasteiger partial charge in [-0.1, -0.05) is 12.1 Å². The maximum Gasteiger partial charge on any atom is 0.221 e. The maximum atomic E-state index is 11.0. The molecule has 5 nitrogen and oxygen atoms in total. The number of nitrogens with one attached hydrogen (secondary N) is 1. The Morgan fingerprint density at radius 1 is 1.09 bits per heavy atom. The van der Waals surface area contributed by atoms with Crippen LogP contribution < -0.4 is 14.8 Å². The van der Waals surface area contributed by atoms with Gasteiger partial charge in [0.15, 0.2) is 0 Å². The van der Waals surface area contributed by atoms with Crippen molar-refractivity contribution in [1.29, 1.82) is 5.26 Å². The minimum Gasteiger partial charge on any atom is -0.493 e. The Bertz CT molecular complexity index is 707. The molecule has 5 heteroatoms. The molecule has 0 aromatic heterocycles. The predicted octanol–water partition coefficient (Wildman–Crippen LogP) is 3.36. The van der Waals surface area contributed by atoms with Crippen molar-refractivity contribution in [3.63, 3.8) is 0 Å². The van der Waals surface area contributed by atoms with E-state index in [9.17, 15) is 4.79 Å². The van der Waals surface area contributed by atoms with Gasteiger partial charge in [0.2, 0.25) is 5.91 Å². The summed E-state index contributed by atoms with van der Waals surface area (Å²) in [6, 6.07) is 16.4. The van der Waals surface area contributed by atoms with E-state index in [2.05, 4.69) is 11.4 Å². The van der Waals surface area contributed by atoms with Crippen LogP contribution in [0, 0.1) is 11.3 Å². The Hall–Kier alpha value is -3.00. The van der Waals surface area contributed by atoms with Crippen LogP contribution in [-0.4, -0.2) is 19.1 Å². The molecule has 0 atom stereocenters. The first-order valence-electron chi connectivity index (χ1n) is 7.31. The molecule has 0 heterocycles. The van der Waals surface area contributed by atoms with Crippen LogP contribution in [0.3, 0.4) is 0 Å². The van der Waals surface area contributed by atoms with Crippen molar-refractivity contribution >= 4 is 11.6 Å². The molecule has 1 amide bonds. The highest BCUT2D eigenvalue weighted by molar-refractivity contribution is 5.88. The third-order valence-corrected chi connectivity index (χ3v) is 2.94. The number of ether oxygens (including phenoxy) is 2. The van der Waals surface area contributed by atoms with Gasteiger partial charge in [-0.25, -0.2) is 0 Å². The van der Waals surface area contributed by atoms with Crippen LogP contribution in [0.5, 0.6) is 11.5 Å². The molecule has 0 spiro atoms. The van der Waals surface area contributed by atoms with Crippen LogP contribution in [0.15, 0.2) is 48.5 Å². The fourth-order valence-corrected chi connectivity index (χ4v) is 1.96. The van der Waals surface area contributed by atoms with Gasteiger partial charge in [0.1, 0.15) is 11.5 Å². The second-order valence-corrected chi connectivity index (χ2v) is 4.90. The zero-order valence-electron chi connectivity index (χ0n) is 12.9. The van der Waals surface area contributed by atoms with Gasteiger partial charge in [-0.15, -0.1) is 0 Å². The smallest absolute Gasteiger partial charge is 0.221 e. The van der Waals surface area contributed by atoms with Crippen molar-refractivity contribution in [3.05, 3.63) is 54.1 Å². The highest BCUT2D eigenvalue weighted by Crippen LogP contribution is 2.17. The zero-order valence-corrected chi connectivity index (χ0v) is 12.9. The summed E-state index contributed by atoms with van der Waals surface area (Å²) in [6.07, 6.45) is 0.709. The Morgan fingerprint density at radius 3 is 2.39 bits per heavy atom. The molecule has 2 aromatic rings. The van der Waals surface area contributed by atoms with Gasteiger partial charge >= 0.3 is 0 Å². The van der Waals surface area contributed by atoms with E-state index < -0.39 is 0 Å². The lowest BCUT2D eigenvalue weighted by Gasteiger charge is -2.09. The number of hydrogen-bond acceptors (Lipinski definition) is 4. The topological polar surface area (TPSA) is 71.3 Å². The Balaban J connectivity index is 1.73. The number of nitriles is 1. The first kappa shape index (κ1) is 16.4. The van der Waals surface area contributed by atoms with E-state index in [0.717, 1.165) is 0 Å². The van der Waals surface area contributed by atoms with E-state index in [1.165, 1.54) is 6.92 Å². The van der Waals surface area contributed by atoms with E-state index in [0.29, 0.717) is 42.4 Å². The number of carbonyl (C=O) groups is 1. The number of hydrogen-bond donors (Lipinski definition) is 1. The molecule has 0 saturated heterocycles. The quantitative estimate of drug-likeness (QED) is 0.796. The molecule has 23 heavy (non-hydrogen) atoms. The number of rotatable bonds is 7. The first-order chi connectivity index (χ1) is 11.2. The lowest BCUT2D eigenvalue weighted by atomic mass is 10.2. The summed E-state index contributed by atoms with van der Waals surface area (Å²) < 4.78 is 11.2. The van der Waals surface area contributed by atoms with Crippen molar-refractivity contribution in [2.24, 2.45) is 0 Å². The fraction of sp³-hybridized carbons (Fsp3) is 0.222. The predicted molar refractivity (Wildman–Crippen MR) is 87.5 cm³/mol. The van der Waals surface area contributed by atoms with Crippen LogP contribution in [0.25, 0.3) is 0 Å². The molecule has 0 aliphatic heterocycles. The van der Waals surface area contributed by atoms with Crippen LogP contribution >= 0.6 is 0 Å². The van der Waals surface area contributed by atoms with Gasteiger partial charge in [-0.2, -0.15) is 5.26 Å². The second-order valence-electron chi connectivity index (χ2n) is 4.90. The summed E-state index contributed by atoms with van der Waals surface area (Å²) in [4.78, 5) is 11.0. The molecule has 0 saturated carbocycles. The summed E-state index contributed by atoms with van der Waals surface area (Å²) in [7, 11) is 0. The van der Waals surface area contributed by atoms with Crippen LogP contribution in [-0.2, 0) is 4.79 Å². The van der Waals surface area contributed by atoms with Gasteiger partial charge in [0.05, 0.1) is 24.8 Å². The van der Waals surface area contributed by atoms with E-state index >= 15 is 0 Å². The average molecular weight is 310 g/mol. The maximum absolute atomic E-state index is 11.0. The van der Waals surface area contributed by atoms with Crippen molar-refractivity contribution in [2.45, 2.75) is 13.3 Å². The molecule has 0 unspecified atom stereocenters. The summed E-state index contributed by atoms with van der Waals surface area (Å²) in [5.41, 5.74) is 1.29. The molecule has 1 N–H and O–H groups in total. The monoisotopic (exact) mass is 310 g/mol. The van der Waals surface area contributed by atoms with Crippen molar-refractivity contribution < 1.29 is 14.3 Å². The number of amides is 1. The lowest BCUT2D eigenvalue weighted by molar-refractivity contribution is -0.114. The minimum atomic E-state index is -0.116. The van der Waals surface area contributed by atoms with Crippen LogP contribution in [0.4, 0.5) is 5.69 Å². The SMILES string of the molecule is CC(=O)Nc1cccc(OCCCOc2cccc(C#N)c2)c1. The third-order valence-electron chi connectivity index (χ3n) is 2.94. The highest BCUT2D eigenvalue weighted by Gasteiger charge is 2.00.